The number of hydrogen-bond acceptors (Lipinski definition) is 5. The van der Waals surface area contributed by atoms with Gasteiger partial charge >= 0.3 is 0 Å². The van der Waals surface area contributed by atoms with Gasteiger partial charge in [-0.2, -0.15) is 0 Å². The fourth-order valence-corrected chi connectivity index (χ4v) is 2.83. The van der Waals surface area contributed by atoms with Gasteiger partial charge in [0.1, 0.15) is 0 Å². The van der Waals surface area contributed by atoms with Crippen LogP contribution in [0.1, 0.15) is 71.6 Å². The number of hydroxylamine groups is 1. The largest absolute Gasteiger partial charge is 0.600 e. The lowest BCUT2D eigenvalue weighted by atomic mass is 10.1. The van der Waals surface area contributed by atoms with Gasteiger partial charge in [-0.15, -0.1) is 0 Å². The molecule has 0 aliphatic carbocycles. The minimum absolute atomic E-state index is 0.179. The highest BCUT2D eigenvalue weighted by molar-refractivity contribution is 4.71. The van der Waals surface area contributed by atoms with Crippen LogP contribution in [0.4, 0.5) is 0 Å². The Morgan fingerprint density at radius 1 is 1.21 bits per heavy atom. The summed E-state index contributed by atoms with van der Waals surface area (Å²) in [5, 5.41) is 16.3. The van der Waals surface area contributed by atoms with Crippen LogP contribution in [0.15, 0.2) is 5.11 Å². The predicted molar refractivity (Wildman–Crippen MR) is 94.1 cm³/mol. The molecule has 1 rings (SSSR count). The fourth-order valence-electron chi connectivity index (χ4n) is 2.83. The van der Waals surface area contributed by atoms with Crippen molar-refractivity contribution in [3.8, 4) is 0 Å². The number of rotatable bonds is 13. The lowest BCUT2D eigenvalue weighted by Gasteiger charge is -2.27. The third-order valence-corrected chi connectivity index (χ3v) is 4.36. The van der Waals surface area contributed by atoms with Crippen molar-refractivity contribution in [3.05, 3.63) is 5.21 Å². The molecule has 0 aromatic rings. The van der Waals surface area contributed by atoms with E-state index in [0.717, 1.165) is 43.6 Å². The van der Waals surface area contributed by atoms with Gasteiger partial charge in [-0.05, 0) is 37.7 Å². The Morgan fingerprint density at radius 2 is 1.96 bits per heavy atom. The average Bonchev–Trinajstić information content (AvgIpc) is 2.58. The summed E-state index contributed by atoms with van der Waals surface area (Å²) >= 11 is 0. The molecule has 3 atom stereocenters. The zero-order chi connectivity index (χ0) is 17.6. The highest BCUT2D eigenvalue weighted by atomic mass is 16.7. The van der Waals surface area contributed by atoms with Crippen molar-refractivity contribution < 1.29 is 19.1 Å². The van der Waals surface area contributed by atoms with E-state index < -0.39 is 0 Å². The third-order valence-electron chi connectivity index (χ3n) is 4.36. The van der Waals surface area contributed by atoms with Crippen molar-refractivity contribution in [3.63, 3.8) is 0 Å². The zero-order valence-corrected chi connectivity index (χ0v) is 15.7. The van der Waals surface area contributed by atoms with Gasteiger partial charge in [-0.3, -0.25) is 0 Å². The summed E-state index contributed by atoms with van der Waals surface area (Å²) < 4.78 is 16.7. The van der Waals surface area contributed by atoms with Crippen molar-refractivity contribution in [1.29, 1.82) is 0 Å². The molecule has 1 aliphatic rings. The van der Waals surface area contributed by atoms with Crippen molar-refractivity contribution in [2.24, 2.45) is 5.11 Å². The molecule has 0 bridgehead atoms. The van der Waals surface area contributed by atoms with E-state index >= 15 is 0 Å². The number of hydrogen-bond donors (Lipinski definition) is 0. The van der Waals surface area contributed by atoms with Gasteiger partial charge in [0.05, 0.1) is 12.7 Å². The maximum Gasteiger partial charge on any atom is 0.180 e. The summed E-state index contributed by atoms with van der Waals surface area (Å²) in [5.74, 6) is 0. The number of azo groups is 1. The first-order chi connectivity index (χ1) is 11.7. The smallest absolute Gasteiger partial charge is 0.180 e. The normalized spacial score (nSPS) is 21.6. The number of methoxy groups -OCH3 is 1. The molecule has 24 heavy (non-hydrogen) atoms. The first kappa shape index (κ1) is 21.3. The lowest BCUT2D eigenvalue weighted by Crippen LogP contribution is -2.35. The maximum atomic E-state index is 12.0. The Morgan fingerprint density at radius 3 is 2.62 bits per heavy atom. The highest BCUT2D eigenvalue weighted by Gasteiger charge is 2.25. The van der Waals surface area contributed by atoms with Crippen molar-refractivity contribution in [2.75, 3.05) is 26.9 Å². The average molecular weight is 344 g/mol. The molecule has 0 saturated carbocycles. The molecule has 0 aromatic heterocycles. The lowest BCUT2D eigenvalue weighted by molar-refractivity contribution is -0.535. The maximum absolute atomic E-state index is 12.0. The molecular formula is C18H36N2O4. The van der Waals surface area contributed by atoms with E-state index in [9.17, 15) is 5.21 Å². The predicted octanol–water partition coefficient (Wildman–Crippen LogP) is 4.26. The Balaban J connectivity index is 2.35. The molecule has 0 amide bonds. The van der Waals surface area contributed by atoms with E-state index in [1.165, 1.54) is 25.7 Å². The first-order valence-electron chi connectivity index (χ1n) is 9.58. The highest BCUT2D eigenvalue weighted by Crippen LogP contribution is 2.17. The molecule has 1 heterocycles. The molecule has 0 spiro atoms. The Kier molecular flexibility index (Phi) is 12.0. The minimum Gasteiger partial charge on any atom is -0.600 e. The number of ether oxygens (including phenoxy) is 3. The summed E-state index contributed by atoms with van der Waals surface area (Å²) in [6, 6.07) is -0.293. The van der Waals surface area contributed by atoms with Gasteiger partial charge in [-0.1, -0.05) is 37.5 Å². The van der Waals surface area contributed by atoms with Gasteiger partial charge in [0.2, 0.25) is 0 Å². The zero-order valence-electron chi connectivity index (χ0n) is 15.7. The van der Waals surface area contributed by atoms with Crippen molar-refractivity contribution in [1.82, 2.24) is 0 Å². The van der Waals surface area contributed by atoms with E-state index in [-0.39, 0.29) is 18.4 Å². The van der Waals surface area contributed by atoms with Crippen LogP contribution in [0.2, 0.25) is 0 Å². The van der Waals surface area contributed by atoms with Crippen LogP contribution in [-0.4, -0.2) is 50.2 Å². The summed E-state index contributed by atoms with van der Waals surface area (Å²) in [5.41, 5.74) is 0. The topological polar surface area (TPSA) is 66.1 Å². The molecule has 6 nitrogen and oxygen atoms in total. The quantitative estimate of drug-likeness (QED) is 0.217. The number of unbranched alkanes of at least 4 members (excludes halogenated alkanes) is 5. The molecule has 1 aliphatic heterocycles. The Bertz CT molecular complexity index is 333. The van der Waals surface area contributed by atoms with E-state index in [4.69, 9.17) is 14.2 Å². The summed E-state index contributed by atoms with van der Waals surface area (Å²) in [4.78, 5) is 0.811. The van der Waals surface area contributed by atoms with E-state index in [1.807, 2.05) is 6.92 Å². The van der Waals surface area contributed by atoms with Crippen LogP contribution in [0.3, 0.4) is 0 Å². The third kappa shape index (κ3) is 9.55. The van der Waals surface area contributed by atoms with Crippen LogP contribution < -0.4 is 0 Å². The molecule has 0 aromatic carbocycles. The molecule has 0 radical (unpaired) electrons. The van der Waals surface area contributed by atoms with Gasteiger partial charge < -0.3 is 19.4 Å². The first-order valence-corrected chi connectivity index (χ1v) is 9.58. The van der Waals surface area contributed by atoms with Gasteiger partial charge in [0.25, 0.3) is 0 Å². The second-order valence-corrected chi connectivity index (χ2v) is 6.62. The van der Waals surface area contributed by atoms with Crippen LogP contribution in [0, 0.1) is 5.21 Å². The molecule has 0 N–H and O–H groups in total. The number of nitrogens with zero attached hydrogens (tertiary/aromatic N) is 2. The molecule has 1 unspecified atom stereocenters. The van der Waals surface area contributed by atoms with Crippen molar-refractivity contribution >= 4 is 0 Å². The second kappa shape index (κ2) is 13.6. The van der Waals surface area contributed by atoms with Crippen LogP contribution in [-0.2, 0) is 14.2 Å². The standard InChI is InChI=1S/C18H36N2O4/c1-4-5-6-7-8-10-13-20(21)19-17(15-22-3)16(2)24-18-12-9-11-14-23-18/h16-18H,4-15H2,1-3H3/t16-,17-,18?/m1/s1. The van der Waals surface area contributed by atoms with E-state index in [1.54, 1.807) is 7.11 Å². The minimum atomic E-state index is -0.293. The second-order valence-electron chi connectivity index (χ2n) is 6.62. The molecule has 1 saturated heterocycles. The summed E-state index contributed by atoms with van der Waals surface area (Å²) in [6.07, 6.45) is 9.68. The van der Waals surface area contributed by atoms with Gasteiger partial charge in [0, 0.05) is 20.1 Å². The SMILES string of the molecule is CCCCCCCC[N+]([O-])=N[C@H](COC)[C@@H](C)OC1CCCCO1. The van der Waals surface area contributed by atoms with Crippen LogP contribution in [0.25, 0.3) is 0 Å². The Labute approximate surface area is 147 Å². The van der Waals surface area contributed by atoms with Gasteiger partial charge in [0.15, 0.2) is 18.9 Å². The van der Waals surface area contributed by atoms with Crippen molar-refractivity contribution in [2.45, 2.75) is 90.1 Å². The van der Waals surface area contributed by atoms with Gasteiger partial charge in [-0.25, -0.2) is 0 Å². The monoisotopic (exact) mass is 344 g/mol. The molecule has 142 valence electrons. The van der Waals surface area contributed by atoms with Crippen LogP contribution >= 0.6 is 0 Å². The Hall–Kier alpha value is -0.720. The summed E-state index contributed by atoms with van der Waals surface area (Å²) in [7, 11) is 1.62. The van der Waals surface area contributed by atoms with E-state index in [2.05, 4.69) is 12.0 Å². The van der Waals surface area contributed by atoms with Crippen LogP contribution in [0.5, 0.6) is 0 Å². The summed E-state index contributed by atoms with van der Waals surface area (Å²) in [6.45, 7) is 5.71. The molecule has 1 fully saturated rings. The molecular weight excluding hydrogens is 308 g/mol. The molecule has 6 heteroatoms. The fraction of sp³-hybridized carbons (Fsp3) is 1.00. The van der Waals surface area contributed by atoms with E-state index in [0.29, 0.717) is 13.2 Å².